The molecule has 0 saturated heterocycles. The van der Waals surface area contributed by atoms with Gasteiger partial charge in [-0.2, -0.15) is 8.42 Å². The van der Waals surface area contributed by atoms with Crippen molar-refractivity contribution in [1.29, 1.82) is 0 Å². The van der Waals surface area contributed by atoms with Crippen molar-refractivity contribution >= 4 is 27.6 Å². The zero-order valence-corrected chi connectivity index (χ0v) is 25.7. The first kappa shape index (κ1) is 32.6. The molecule has 0 aliphatic rings. The number of nitrogens with zero attached hydrogens (tertiary/aromatic N) is 1. The van der Waals surface area contributed by atoms with E-state index in [1.54, 1.807) is 0 Å². The maximum atomic E-state index is 9.19. The Morgan fingerprint density at radius 1 is 0.810 bits per heavy atom. The first-order chi connectivity index (χ1) is 20.2. The van der Waals surface area contributed by atoms with Crippen LogP contribution in [-0.4, -0.2) is 55.5 Å². The molecule has 0 spiro atoms. The van der Waals surface area contributed by atoms with Gasteiger partial charge in [0.1, 0.15) is 5.82 Å². The third kappa shape index (κ3) is 10.8. The average Bonchev–Trinajstić information content (AvgIpc) is 3.43. The van der Waals surface area contributed by atoms with Gasteiger partial charge in [0.05, 0.1) is 24.3 Å². The number of aromatic amines is 1. The van der Waals surface area contributed by atoms with Crippen LogP contribution < -0.4 is 10.6 Å². The van der Waals surface area contributed by atoms with Gasteiger partial charge < -0.3 is 20.4 Å². The number of hydrogen-bond acceptors (Lipinski definition) is 6. The summed E-state index contributed by atoms with van der Waals surface area (Å²) in [6.07, 6.45) is 7.03. The van der Waals surface area contributed by atoms with Crippen LogP contribution in [0, 0.1) is 0 Å². The second kappa shape index (κ2) is 16.5. The normalized spacial score (nSPS) is 11.3. The first-order valence-electron chi connectivity index (χ1n) is 14.3. The summed E-state index contributed by atoms with van der Waals surface area (Å²) >= 11 is 0. The second-order valence-electron chi connectivity index (χ2n) is 9.73. The van der Waals surface area contributed by atoms with Crippen molar-refractivity contribution in [2.45, 2.75) is 33.6 Å². The van der Waals surface area contributed by atoms with Crippen LogP contribution in [0.2, 0.25) is 0 Å². The first-order valence-corrected chi connectivity index (χ1v) is 16.1. The van der Waals surface area contributed by atoms with Crippen molar-refractivity contribution in [3.8, 4) is 33.9 Å². The van der Waals surface area contributed by atoms with Gasteiger partial charge in [0.2, 0.25) is 0 Å². The summed E-state index contributed by atoms with van der Waals surface area (Å²) in [7, 11) is -3.67. The largest absolute Gasteiger partial charge is 0.385 e. The fraction of sp³-hybridized carbons (Fsp3) is 0.303. The molecule has 0 saturated carbocycles. The highest BCUT2D eigenvalue weighted by atomic mass is 32.2. The van der Waals surface area contributed by atoms with Gasteiger partial charge in [-0.3, -0.25) is 4.55 Å². The predicted molar refractivity (Wildman–Crippen MR) is 175 cm³/mol. The maximum absolute atomic E-state index is 9.19. The molecule has 0 atom stereocenters. The Kier molecular flexibility index (Phi) is 12.8. The molecule has 4 N–H and O–H groups in total. The lowest BCUT2D eigenvalue weighted by Gasteiger charge is -2.08. The molecule has 8 nitrogen and oxygen atoms in total. The molecule has 0 aliphatic carbocycles. The number of aromatic nitrogens is 2. The second-order valence-corrected chi connectivity index (χ2v) is 11.2. The topological polar surface area (TPSA) is 116 Å². The average molecular weight is 591 g/mol. The summed E-state index contributed by atoms with van der Waals surface area (Å²) in [5, 5.41) is 6.91. The monoisotopic (exact) mass is 590 g/mol. The van der Waals surface area contributed by atoms with Crippen molar-refractivity contribution in [3.05, 3.63) is 84.4 Å². The summed E-state index contributed by atoms with van der Waals surface area (Å²) in [5.41, 5.74) is 8.62. The third-order valence-electron chi connectivity index (χ3n) is 6.11. The van der Waals surface area contributed by atoms with Crippen molar-refractivity contribution in [2.24, 2.45) is 0 Å². The molecule has 9 heteroatoms. The smallest absolute Gasteiger partial charge is 0.261 e. The SMILES string of the molecule is CCCNc1ccc(-c2nc(-c3ccc(C=CCOCC)cc3)[nH]c2-c2ccc(NCCC)cc2)cc1.CS(=O)(=O)O. The number of imidazole rings is 1. The Bertz CT molecular complexity index is 1420. The van der Waals surface area contributed by atoms with Gasteiger partial charge in [-0.25, -0.2) is 4.98 Å². The molecule has 3 aromatic carbocycles. The lowest BCUT2D eigenvalue weighted by molar-refractivity contribution is 0.178. The van der Waals surface area contributed by atoms with Crippen molar-refractivity contribution in [3.63, 3.8) is 0 Å². The van der Waals surface area contributed by atoms with E-state index in [4.69, 9.17) is 14.3 Å². The third-order valence-corrected chi connectivity index (χ3v) is 6.11. The fourth-order valence-corrected chi connectivity index (χ4v) is 4.09. The minimum atomic E-state index is -3.67. The molecule has 1 aromatic heterocycles. The summed E-state index contributed by atoms with van der Waals surface area (Å²) in [6, 6.07) is 25.6. The molecule has 224 valence electrons. The lowest BCUT2D eigenvalue weighted by atomic mass is 10.0. The van der Waals surface area contributed by atoms with Crippen molar-refractivity contribution in [2.75, 3.05) is 43.2 Å². The molecular formula is C33H42N4O4S. The van der Waals surface area contributed by atoms with Crippen LogP contribution in [0.25, 0.3) is 40.0 Å². The Hall–Kier alpha value is -3.92. The minimum Gasteiger partial charge on any atom is -0.385 e. The molecule has 1 heterocycles. The van der Waals surface area contributed by atoms with E-state index in [1.165, 1.54) is 0 Å². The van der Waals surface area contributed by atoms with Crippen LogP contribution in [0.4, 0.5) is 11.4 Å². The number of H-pyrrole nitrogens is 1. The molecule has 0 aliphatic heterocycles. The van der Waals surface area contributed by atoms with Crippen LogP contribution in [-0.2, 0) is 14.9 Å². The van der Waals surface area contributed by atoms with E-state index >= 15 is 0 Å². The zero-order valence-electron chi connectivity index (χ0n) is 24.9. The highest BCUT2D eigenvalue weighted by molar-refractivity contribution is 7.85. The quantitative estimate of drug-likeness (QED) is 0.0935. The molecular weight excluding hydrogens is 548 g/mol. The van der Waals surface area contributed by atoms with E-state index in [0.29, 0.717) is 12.9 Å². The number of rotatable bonds is 13. The Labute approximate surface area is 250 Å². The zero-order chi connectivity index (χ0) is 30.4. The predicted octanol–water partition coefficient (Wildman–Crippen LogP) is 7.61. The van der Waals surface area contributed by atoms with Crippen LogP contribution in [0.5, 0.6) is 0 Å². The lowest BCUT2D eigenvalue weighted by Crippen LogP contribution is -1.99. The number of benzene rings is 3. The van der Waals surface area contributed by atoms with E-state index in [2.05, 4.69) is 108 Å². The van der Waals surface area contributed by atoms with E-state index in [0.717, 1.165) is 83.4 Å². The van der Waals surface area contributed by atoms with Gasteiger partial charge in [-0.15, -0.1) is 0 Å². The van der Waals surface area contributed by atoms with Gasteiger partial charge in [0.15, 0.2) is 0 Å². The van der Waals surface area contributed by atoms with Crippen LogP contribution in [0.15, 0.2) is 78.9 Å². The molecule has 0 unspecified atom stereocenters. The summed E-state index contributed by atoms with van der Waals surface area (Å²) in [5.74, 6) is 0.858. The number of ether oxygens (including phenoxy) is 1. The summed E-state index contributed by atoms with van der Waals surface area (Å²) in [4.78, 5) is 8.70. The van der Waals surface area contributed by atoms with Gasteiger partial charge in [0, 0.05) is 47.8 Å². The van der Waals surface area contributed by atoms with E-state index in [1.807, 2.05) is 13.0 Å². The van der Waals surface area contributed by atoms with E-state index < -0.39 is 10.1 Å². The van der Waals surface area contributed by atoms with Gasteiger partial charge >= 0.3 is 0 Å². The highest BCUT2D eigenvalue weighted by Gasteiger charge is 2.15. The van der Waals surface area contributed by atoms with Gasteiger partial charge in [-0.1, -0.05) is 74.5 Å². The number of anilines is 2. The number of nitrogens with one attached hydrogen (secondary N) is 3. The number of hydrogen-bond donors (Lipinski definition) is 4. The standard InChI is InChI=1S/C32H38N4O.CH4O3S/c1-4-21-33-28-17-13-25(14-18-28)30-31(26-15-19-29(20-16-26)34-22-5-2)36-32(35-30)27-11-9-24(10-12-27)8-7-23-37-6-3;1-5(2,3)4/h7-20,33-34H,4-6,21-23H2,1-3H3,(H,35,36);1H3,(H,2,3,4). The molecule has 4 rings (SSSR count). The van der Waals surface area contributed by atoms with Crippen LogP contribution in [0.1, 0.15) is 39.2 Å². The van der Waals surface area contributed by atoms with Crippen molar-refractivity contribution in [1.82, 2.24) is 9.97 Å². The Morgan fingerprint density at radius 2 is 1.31 bits per heavy atom. The summed E-state index contributed by atoms with van der Waals surface area (Å²) < 4.78 is 31.3. The highest BCUT2D eigenvalue weighted by Crippen LogP contribution is 2.34. The van der Waals surface area contributed by atoms with Crippen LogP contribution in [0.3, 0.4) is 0 Å². The molecule has 0 bridgehead atoms. The fourth-order valence-electron chi connectivity index (χ4n) is 4.09. The van der Waals surface area contributed by atoms with Gasteiger partial charge in [0.25, 0.3) is 10.1 Å². The molecule has 42 heavy (non-hydrogen) atoms. The summed E-state index contributed by atoms with van der Waals surface area (Å²) in [6.45, 7) is 9.63. The molecule has 0 fully saturated rings. The Balaban J connectivity index is 0.000000892. The molecule has 0 radical (unpaired) electrons. The van der Waals surface area contributed by atoms with E-state index in [9.17, 15) is 8.42 Å². The van der Waals surface area contributed by atoms with Gasteiger partial charge in [-0.05, 0) is 49.6 Å². The Morgan fingerprint density at radius 3 is 1.81 bits per heavy atom. The van der Waals surface area contributed by atoms with E-state index in [-0.39, 0.29) is 0 Å². The minimum absolute atomic E-state index is 0.628. The molecule has 0 amide bonds. The van der Waals surface area contributed by atoms with Crippen molar-refractivity contribution < 1.29 is 17.7 Å². The molecule has 4 aromatic rings. The maximum Gasteiger partial charge on any atom is 0.261 e. The van der Waals surface area contributed by atoms with Crippen LogP contribution >= 0.6 is 0 Å².